The van der Waals surface area contributed by atoms with Crippen LogP contribution in [-0.4, -0.2) is 115 Å². The van der Waals surface area contributed by atoms with Crippen molar-refractivity contribution in [3.63, 3.8) is 0 Å². The number of carbonyl (C=O) groups excluding carboxylic acids is 1. The van der Waals surface area contributed by atoms with Crippen LogP contribution in [0.25, 0.3) is 0 Å². The van der Waals surface area contributed by atoms with Crippen LogP contribution >= 0.6 is 0 Å². The fraction of sp³-hybridized carbons (Fsp3) is 0.917. The van der Waals surface area contributed by atoms with E-state index in [1.165, 1.54) is 0 Å². The van der Waals surface area contributed by atoms with Gasteiger partial charge in [-0.3, -0.25) is 0 Å². The first-order valence-electron chi connectivity index (χ1n) is 6.97. The van der Waals surface area contributed by atoms with E-state index in [-0.39, 0.29) is 51.4 Å². The smallest absolute Gasteiger partial charge is 0.547 e. The normalized spacial score (nSPS) is 34.5. The molecule has 0 bridgehead atoms. The van der Waals surface area contributed by atoms with Crippen molar-refractivity contribution in [1.29, 1.82) is 0 Å². The van der Waals surface area contributed by atoms with E-state index in [9.17, 15) is 40.5 Å². The van der Waals surface area contributed by atoms with Gasteiger partial charge in [0.25, 0.3) is 0 Å². The summed E-state index contributed by atoms with van der Waals surface area (Å²) in [6.07, 6.45) is -17.3. The summed E-state index contributed by atoms with van der Waals surface area (Å²) >= 11 is 0. The van der Waals surface area contributed by atoms with Gasteiger partial charge in [-0.1, -0.05) is 0 Å². The summed E-state index contributed by atoms with van der Waals surface area (Å²) in [7, 11) is 0. The molecule has 0 aliphatic carbocycles. The van der Waals surface area contributed by atoms with Crippen molar-refractivity contribution < 1.29 is 112 Å². The predicted molar refractivity (Wildman–Crippen MR) is 68.8 cm³/mol. The van der Waals surface area contributed by atoms with Gasteiger partial charge in [0, 0.05) is 0 Å². The molecule has 0 saturated carbocycles. The molecule has 0 spiro atoms. The first kappa shape index (κ1) is 25.7. The van der Waals surface area contributed by atoms with Crippen LogP contribution in [0.1, 0.15) is 0 Å². The molecular formula is C12H21KO12. The Hall–Kier alpha value is 0.706. The molecule has 9 atom stereocenters. The molecule has 13 heteroatoms. The standard InChI is InChI=1S/C12H22O12.K/c13-1-3(15)10(7(18)8(19)11(21)22)24-12-9(20)6(17)5(16)4(2-14)23-12;/h3-10,12-20H,1-2H2,(H,21,22);/q;+1/p-1/t3-,4?,5-,6+,7-,8-,9?,10-,12-;/m1./s1. The van der Waals surface area contributed by atoms with Gasteiger partial charge >= 0.3 is 51.4 Å². The van der Waals surface area contributed by atoms with E-state index in [0.29, 0.717) is 0 Å². The number of ether oxygens (including phenoxy) is 2. The summed E-state index contributed by atoms with van der Waals surface area (Å²) in [5, 5.41) is 86.3. The van der Waals surface area contributed by atoms with Crippen LogP contribution in [0.2, 0.25) is 0 Å². The van der Waals surface area contributed by atoms with Gasteiger partial charge in [0.05, 0.1) is 19.2 Å². The Labute approximate surface area is 184 Å². The second-order valence-corrected chi connectivity index (χ2v) is 5.30. The molecule has 0 amide bonds. The third-order valence-electron chi connectivity index (χ3n) is 3.61. The van der Waals surface area contributed by atoms with E-state index >= 15 is 0 Å². The van der Waals surface area contributed by atoms with E-state index in [1.54, 1.807) is 0 Å². The van der Waals surface area contributed by atoms with Crippen LogP contribution in [0, 0.1) is 0 Å². The molecule has 0 radical (unpaired) electrons. The SMILES string of the molecule is O=C([O-])[C@H](O)[C@@H](O)[C@H](O[C@H]1OC(CO)[C@@H](O)[C@H](O)C1O)[C@H](O)CO.[K+]. The van der Waals surface area contributed by atoms with Gasteiger partial charge in [-0.25, -0.2) is 0 Å². The minimum Gasteiger partial charge on any atom is -0.547 e. The maximum atomic E-state index is 10.6. The molecule has 142 valence electrons. The number of rotatable bonds is 8. The number of aliphatic carboxylic acids is 1. The maximum absolute atomic E-state index is 10.6. The quantitative estimate of drug-likeness (QED) is 0.179. The maximum Gasteiger partial charge on any atom is 1.00 e. The Bertz CT molecular complexity index is 410. The number of aliphatic hydroxyl groups is 8. The Morgan fingerprint density at radius 1 is 1.08 bits per heavy atom. The average Bonchev–Trinajstić information content (AvgIpc) is 2.57. The Morgan fingerprint density at radius 3 is 2.08 bits per heavy atom. The van der Waals surface area contributed by atoms with Gasteiger partial charge in [0.2, 0.25) is 0 Å². The van der Waals surface area contributed by atoms with E-state index in [4.69, 9.17) is 19.7 Å². The second-order valence-electron chi connectivity index (χ2n) is 5.30. The Kier molecular flexibility index (Phi) is 11.9. The van der Waals surface area contributed by atoms with E-state index in [0.717, 1.165) is 0 Å². The number of carboxylic acid groups (broad SMARTS) is 1. The van der Waals surface area contributed by atoms with Crippen LogP contribution in [0.15, 0.2) is 0 Å². The third kappa shape index (κ3) is 6.37. The number of carbonyl (C=O) groups is 1. The number of carboxylic acids is 1. The molecule has 25 heavy (non-hydrogen) atoms. The molecule has 1 aliphatic rings. The van der Waals surface area contributed by atoms with Crippen LogP contribution in [0.3, 0.4) is 0 Å². The molecule has 1 aliphatic heterocycles. The van der Waals surface area contributed by atoms with Crippen LogP contribution in [0.4, 0.5) is 0 Å². The van der Waals surface area contributed by atoms with Crippen LogP contribution < -0.4 is 56.5 Å². The van der Waals surface area contributed by atoms with Crippen molar-refractivity contribution in [2.45, 2.75) is 55.1 Å². The molecule has 1 saturated heterocycles. The molecule has 2 unspecified atom stereocenters. The van der Waals surface area contributed by atoms with Crippen molar-refractivity contribution in [3.05, 3.63) is 0 Å². The zero-order valence-electron chi connectivity index (χ0n) is 13.3. The van der Waals surface area contributed by atoms with E-state index in [1.807, 2.05) is 0 Å². The van der Waals surface area contributed by atoms with Gasteiger partial charge in [0.1, 0.15) is 48.8 Å². The largest absolute Gasteiger partial charge is 1.00 e. The van der Waals surface area contributed by atoms with Crippen molar-refractivity contribution in [2.75, 3.05) is 13.2 Å². The van der Waals surface area contributed by atoms with Gasteiger partial charge < -0.3 is 60.2 Å². The topological polar surface area (TPSA) is 220 Å². The second kappa shape index (κ2) is 11.5. The summed E-state index contributed by atoms with van der Waals surface area (Å²) < 4.78 is 9.94. The average molecular weight is 396 g/mol. The fourth-order valence-corrected chi connectivity index (χ4v) is 2.16. The zero-order chi connectivity index (χ0) is 18.6. The van der Waals surface area contributed by atoms with Crippen molar-refractivity contribution in [3.8, 4) is 0 Å². The molecule has 8 N–H and O–H groups in total. The molecule has 1 heterocycles. The zero-order valence-corrected chi connectivity index (χ0v) is 16.4. The van der Waals surface area contributed by atoms with Gasteiger partial charge in [-0.15, -0.1) is 0 Å². The van der Waals surface area contributed by atoms with Gasteiger partial charge in [-0.05, 0) is 0 Å². The molecular weight excluding hydrogens is 375 g/mol. The van der Waals surface area contributed by atoms with E-state index < -0.39 is 74.3 Å². The van der Waals surface area contributed by atoms with Crippen molar-refractivity contribution in [1.82, 2.24) is 0 Å². The van der Waals surface area contributed by atoms with Crippen molar-refractivity contribution >= 4 is 5.97 Å². The number of aliphatic hydroxyl groups excluding tert-OH is 8. The molecule has 12 nitrogen and oxygen atoms in total. The Balaban J connectivity index is 0.00000576. The molecule has 1 fully saturated rings. The summed E-state index contributed by atoms with van der Waals surface area (Å²) in [6, 6.07) is 0. The molecule has 0 aromatic carbocycles. The monoisotopic (exact) mass is 396 g/mol. The summed E-state index contributed by atoms with van der Waals surface area (Å²) in [6.45, 7) is -1.79. The number of hydrogen-bond acceptors (Lipinski definition) is 12. The first-order chi connectivity index (χ1) is 11.1. The minimum atomic E-state index is -2.50. The van der Waals surface area contributed by atoms with Crippen LogP contribution in [-0.2, 0) is 14.3 Å². The molecule has 0 aromatic heterocycles. The first-order valence-corrected chi connectivity index (χ1v) is 6.97. The van der Waals surface area contributed by atoms with Gasteiger partial charge in [-0.2, -0.15) is 0 Å². The number of hydrogen-bond donors (Lipinski definition) is 8. The summed E-state index contributed by atoms with van der Waals surface area (Å²) in [5.41, 5.74) is 0. The van der Waals surface area contributed by atoms with Crippen molar-refractivity contribution in [2.24, 2.45) is 0 Å². The van der Waals surface area contributed by atoms with Gasteiger partial charge in [0.15, 0.2) is 6.29 Å². The third-order valence-corrected chi connectivity index (χ3v) is 3.61. The van der Waals surface area contributed by atoms with E-state index in [2.05, 4.69) is 0 Å². The predicted octanol–water partition coefficient (Wildman–Crippen LogP) is -10.00. The van der Waals surface area contributed by atoms with Crippen LogP contribution in [0.5, 0.6) is 0 Å². The fourth-order valence-electron chi connectivity index (χ4n) is 2.16. The minimum absolute atomic E-state index is 0. The molecule has 0 aromatic rings. The molecule has 1 rings (SSSR count). The Morgan fingerprint density at radius 2 is 1.64 bits per heavy atom. The summed E-state index contributed by atoms with van der Waals surface area (Å²) in [4.78, 5) is 10.6. The summed E-state index contributed by atoms with van der Waals surface area (Å²) in [5.74, 6) is -2.09.